The molecule has 1 N–H and O–H groups in total. The van der Waals surface area contributed by atoms with E-state index >= 15 is 0 Å². The largest absolute Gasteiger partial charge is 0.346 e. The predicted octanol–water partition coefficient (Wildman–Crippen LogP) is 2.06. The minimum atomic E-state index is -3.02. The third kappa shape index (κ3) is 3.36. The van der Waals surface area contributed by atoms with E-state index in [-0.39, 0.29) is 17.4 Å². The van der Waals surface area contributed by atoms with Crippen LogP contribution in [-0.2, 0) is 9.84 Å². The molecule has 6 heteroatoms. The summed E-state index contributed by atoms with van der Waals surface area (Å²) in [5.41, 5.74) is 0.919. The minimum Gasteiger partial charge on any atom is -0.346 e. The van der Waals surface area contributed by atoms with Crippen molar-refractivity contribution in [1.29, 1.82) is 0 Å². The molecule has 1 unspecified atom stereocenters. The second kappa shape index (κ2) is 4.90. The van der Waals surface area contributed by atoms with Crippen LogP contribution in [0, 0.1) is 6.92 Å². The average Bonchev–Trinajstić information content (AvgIpc) is 2.56. The Labute approximate surface area is 121 Å². The zero-order chi connectivity index (χ0) is 14.3. The summed E-state index contributed by atoms with van der Waals surface area (Å²) in [4.78, 5) is 12.2. The van der Waals surface area contributed by atoms with Crippen molar-refractivity contribution in [3.8, 4) is 0 Å². The number of sulfone groups is 1. The standard InChI is InChI=1S/C13H16BrNO3S/c1-9-3-4-10(7-11(9)14)12(16)15-13(2)5-6-19(17,18)8-13/h3-4,7H,5-6,8H2,1-2H3,(H,15,16). The summed E-state index contributed by atoms with van der Waals surface area (Å²) >= 11 is 3.38. The highest BCUT2D eigenvalue weighted by atomic mass is 79.9. The lowest BCUT2D eigenvalue weighted by molar-refractivity contribution is 0.0915. The van der Waals surface area contributed by atoms with Crippen molar-refractivity contribution in [2.24, 2.45) is 0 Å². The van der Waals surface area contributed by atoms with Gasteiger partial charge in [-0.1, -0.05) is 22.0 Å². The molecule has 1 aromatic rings. The van der Waals surface area contributed by atoms with Crippen LogP contribution in [0.4, 0.5) is 0 Å². The predicted molar refractivity (Wildman–Crippen MR) is 78.0 cm³/mol. The SMILES string of the molecule is Cc1ccc(C(=O)NC2(C)CCS(=O)(=O)C2)cc1Br. The number of amides is 1. The van der Waals surface area contributed by atoms with Gasteiger partial charge in [0.15, 0.2) is 9.84 Å². The first kappa shape index (κ1) is 14.5. The first-order valence-corrected chi connectivity index (χ1v) is 8.61. The van der Waals surface area contributed by atoms with Gasteiger partial charge in [-0.2, -0.15) is 0 Å². The molecule has 1 heterocycles. The van der Waals surface area contributed by atoms with Crippen LogP contribution >= 0.6 is 15.9 Å². The molecule has 1 amide bonds. The highest BCUT2D eigenvalue weighted by Crippen LogP contribution is 2.24. The summed E-state index contributed by atoms with van der Waals surface area (Å²) in [6.07, 6.45) is 0.466. The summed E-state index contributed by atoms with van der Waals surface area (Å²) < 4.78 is 23.9. The van der Waals surface area contributed by atoms with Crippen molar-refractivity contribution in [3.05, 3.63) is 33.8 Å². The number of hydrogen-bond donors (Lipinski definition) is 1. The van der Waals surface area contributed by atoms with Gasteiger partial charge in [0.1, 0.15) is 0 Å². The average molecular weight is 346 g/mol. The van der Waals surface area contributed by atoms with Gasteiger partial charge >= 0.3 is 0 Å². The van der Waals surface area contributed by atoms with E-state index in [4.69, 9.17) is 0 Å². The summed E-state index contributed by atoms with van der Waals surface area (Å²) in [6.45, 7) is 3.72. The van der Waals surface area contributed by atoms with Crippen LogP contribution in [0.1, 0.15) is 29.3 Å². The van der Waals surface area contributed by atoms with Crippen molar-refractivity contribution in [3.63, 3.8) is 0 Å². The fraction of sp³-hybridized carbons (Fsp3) is 0.462. The Bertz CT molecular complexity index is 627. The van der Waals surface area contributed by atoms with Crippen LogP contribution in [0.25, 0.3) is 0 Å². The van der Waals surface area contributed by atoms with Crippen LogP contribution in [0.5, 0.6) is 0 Å². The lowest BCUT2D eigenvalue weighted by atomic mass is 10.0. The van der Waals surface area contributed by atoms with E-state index in [1.54, 1.807) is 19.1 Å². The van der Waals surface area contributed by atoms with Crippen LogP contribution in [0.15, 0.2) is 22.7 Å². The molecule has 1 aliphatic rings. The second-order valence-electron chi connectivity index (χ2n) is 5.32. The molecule has 4 nitrogen and oxygen atoms in total. The molecule has 2 rings (SSSR count). The first-order valence-electron chi connectivity index (χ1n) is 6.00. The topological polar surface area (TPSA) is 63.2 Å². The zero-order valence-electron chi connectivity index (χ0n) is 10.9. The van der Waals surface area contributed by atoms with Gasteiger partial charge in [0.2, 0.25) is 0 Å². The zero-order valence-corrected chi connectivity index (χ0v) is 13.3. The number of nitrogens with one attached hydrogen (secondary N) is 1. The Kier molecular flexibility index (Phi) is 3.75. The summed E-state index contributed by atoms with van der Waals surface area (Å²) in [6, 6.07) is 5.34. The van der Waals surface area contributed by atoms with E-state index in [2.05, 4.69) is 21.2 Å². The molecule has 1 aliphatic heterocycles. The van der Waals surface area contributed by atoms with E-state index < -0.39 is 15.4 Å². The number of rotatable bonds is 2. The Morgan fingerprint density at radius 1 is 1.42 bits per heavy atom. The molecule has 19 heavy (non-hydrogen) atoms. The van der Waals surface area contributed by atoms with Crippen LogP contribution in [-0.4, -0.2) is 31.4 Å². The molecule has 0 bridgehead atoms. The fourth-order valence-electron chi connectivity index (χ4n) is 2.19. The maximum Gasteiger partial charge on any atom is 0.251 e. The molecule has 1 aromatic carbocycles. The summed E-state index contributed by atoms with van der Waals surface area (Å²) in [5.74, 6) is -0.0829. The van der Waals surface area contributed by atoms with Crippen molar-refractivity contribution in [1.82, 2.24) is 5.32 Å². The van der Waals surface area contributed by atoms with Gasteiger partial charge in [0.05, 0.1) is 17.0 Å². The van der Waals surface area contributed by atoms with Gasteiger partial charge in [-0.15, -0.1) is 0 Å². The van der Waals surface area contributed by atoms with Crippen molar-refractivity contribution in [2.45, 2.75) is 25.8 Å². The van der Waals surface area contributed by atoms with Gasteiger partial charge in [0, 0.05) is 10.0 Å². The smallest absolute Gasteiger partial charge is 0.251 e. The van der Waals surface area contributed by atoms with Crippen LogP contribution in [0.3, 0.4) is 0 Å². The molecule has 104 valence electrons. The number of benzene rings is 1. The molecular weight excluding hydrogens is 330 g/mol. The van der Waals surface area contributed by atoms with Gasteiger partial charge in [-0.25, -0.2) is 8.42 Å². The number of hydrogen-bond acceptors (Lipinski definition) is 3. The number of halogens is 1. The Morgan fingerprint density at radius 3 is 2.63 bits per heavy atom. The normalized spacial score (nSPS) is 25.2. The van der Waals surface area contributed by atoms with Gasteiger partial charge in [0.25, 0.3) is 5.91 Å². The quantitative estimate of drug-likeness (QED) is 0.892. The van der Waals surface area contributed by atoms with Gasteiger partial charge in [-0.05, 0) is 38.0 Å². The second-order valence-corrected chi connectivity index (χ2v) is 8.36. The Balaban J connectivity index is 2.15. The summed E-state index contributed by atoms with van der Waals surface area (Å²) in [5, 5.41) is 2.83. The Morgan fingerprint density at radius 2 is 2.11 bits per heavy atom. The maximum absolute atomic E-state index is 12.2. The van der Waals surface area contributed by atoms with E-state index in [0.29, 0.717) is 12.0 Å². The molecule has 0 aromatic heterocycles. The van der Waals surface area contributed by atoms with E-state index in [1.807, 2.05) is 13.0 Å². The molecule has 0 saturated carbocycles. The fourth-order valence-corrected chi connectivity index (χ4v) is 4.66. The molecule has 1 saturated heterocycles. The third-order valence-corrected chi connectivity index (χ3v) is 6.11. The minimum absolute atomic E-state index is 0.0127. The highest BCUT2D eigenvalue weighted by Gasteiger charge is 2.39. The molecule has 1 atom stereocenters. The third-order valence-electron chi connectivity index (χ3n) is 3.35. The molecule has 0 spiro atoms. The highest BCUT2D eigenvalue weighted by molar-refractivity contribution is 9.10. The first-order chi connectivity index (χ1) is 8.71. The van der Waals surface area contributed by atoms with Gasteiger partial charge < -0.3 is 5.32 Å². The lowest BCUT2D eigenvalue weighted by Gasteiger charge is -2.24. The summed E-state index contributed by atoms with van der Waals surface area (Å²) in [7, 11) is -3.02. The molecule has 0 aliphatic carbocycles. The lowest BCUT2D eigenvalue weighted by Crippen LogP contribution is -2.46. The van der Waals surface area contributed by atoms with Crippen LogP contribution in [0.2, 0.25) is 0 Å². The number of carbonyl (C=O) groups excluding carboxylic acids is 1. The van der Waals surface area contributed by atoms with E-state index in [0.717, 1.165) is 10.0 Å². The van der Waals surface area contributed by atoms with Crippen LogP contribution < -0.4 is 5.32 Å². The van der Waals surface area contributed by atoms with Crippen molar-refractivity contribution < 1.29 is 13.2 Å². The van der Waals surface area contributed by atoms with E-state index in [9.17, 15) is 13.2 Å². The Hall–Kier alpha value is -0.880. The van der Waals surface area contributed by atoms with Crippen molar-refractivity contribution in [2.75, 3.05) is 11.5 Å². The number of aryl methyl sites for hydroxylation is 1. The van der Waals surface area contributed by atoms with Gasteiger partial charge in [-0.3, -0.25) is 4.79 Å². The van der Waals surface area contributed by atoms with E-state index in [1.165, 1.54) is 0 Å². The molecule has 0 radical (unpaired) electrons. The monoisotopic (exact) mass is 345 g/mol. The van der Waals surface area contributed by atoms with Crippen molar-refractivity contribution >= 4 is 31.7 Å². The molecular formula is C13H16BrNO3S. The molecule has 1 fully saturated rings. The number of carbonyl (C=O) groups is 1. The maximum atomic E-state index is 12.2.